The van der Waals surface area contributed by atoms with Crippen LogP contribution >= 0.6 is 0 Å². The summed E-state index contributed by atoms with van der Waals surface area (Å²) in [6.45, 7) is 0.123. The lowest BCUT2D eigenvalue weighted by atomic mass is 10.2. The first-order valence-corrected chi connectivity index (χ1v) is 10.0. The summed E-state index contributed by atoms with van der Waals surface area (Å²) in [4.78, 5) is 12.2. The Bertz CT molecular complexity index is 1130. The van der Waals surface area contributed by atoms with Gasteiger partial charge in [0.2, 0.25) is 21.8 Å². The van der Waals surface area contributed by atoms with Gasteiger partial charge in [0.25, 0.3) is 0 Å². The molecule has 3 rings (SSSR count). The van der Waals surface area contributed by atoms with Crippen molar-refractivity contribution in [1.82, 2.24) is 19.1 Å². The number of nitriles is 1. The molecule has 0 atom stereocenters. The molecule has 0 radical (unpaired) electrons. The number of anilines is 1. The van der Waals surface area contributed by atoms with E-state index in [1.807, 2.05) is 36.4 Å². The lowest BCUT2D eigenvalue weighted by molar-refractivity contribution is -0.116. The molecule has 1 amide bonds. The van der Waals surface area contributed by atoms with E-state index >= 15 is 0 Å². The summed E-state index contributed by atoms with van der Waals surface area (Å²) in [7, 11) is -2.15. The van der Waals surface area contributed by atoms with E-state index in [0.29, 0.717) is 5.69 Å². The van der Waals surface area contributed by atoms with E-state index in [4.69, 9.17) is 5.26 Å². The summed E-state index contributed by atoms with van der Waals surface area (Å²) >= 11 is 0. The van der Waals surface area contributed by atoms with Gasteiger partial charge < -0.3 is 5.32 Å². The summed E-state index contributed by atoms with van der Waals surface area (Å²) in [5.74, 6) is -0.360. The molecule has 0 aliphatic rings. The van der Waals surface area contributed by atoms with E-state index in [-0.39, 0.29) is 23.8 Å². The van der Waals surface area contributed by atoms with Crippen LogP contribution in [0, 0.1) is 11.3 Å². The second-order valence-corrected chi connectivity index (χ2v) is 8.26. The van der Waals surface area contributed by atoms with Crippen LogP contribution in [0.2, 0.25) is 0 Å². The maximum atomic E-state index is 12.7. The summed E-state index contributed by atoms with van der Waals surface area (Å²) in [6.07, 6.45) is 1.29. The van der Waals surface area contributed by atoms with Crippen molar-refractivity contribution in [3.8, 4) is 6.07 Å². The van der Waals surface area contributed by atoms with Crippen molar-refractivity contribution < 1.29 is 13.2 Å². The highest BCUT2D eigenvalue weighted by molar-refractivity contribution is 7.89. The fraction of sp³-hybridized carbons (Fsp3) is 0.158. The zero-order valence-corrected chi connectivity index (χ0v) is 16.4. The van der Waals surface area contributed by atoms with Gasteiger partial charge in [-0.2, -0.15) is 9.57 Å². The van der Waals surface area contributed by atoms with Crippen molar-refractivity contribution in [3.05, 3.63) is 72.3 Å². The molecular formula is C19H18N6O3S. The number of nitrogens with one attached hydrogen (secondary N) is 1. The van der Waals surface area contributed by atoms with Gasteiger partial charge in [-0.25, -0.2) is 8.42 Å². The molecular weight excluding hydrogens is 392 g/mol. The Labute approximate surface area is 168 Å². The third-order valence-electron chi connectivity index (χ3n) is 4.12. The molecule has 0 bridgehead atoms. The Balaban J connectivity index is 1.66. The normalized spacial score (nSPS) is 11.2. The van der Waals surface area contributed by atoms with Gasteiger partial charge in [-0.15, -0.1) is 10.2 Å². The SMILES string of the molecule is CN(Cc1ccccc1)S(=O)(=O)c1ccc(NC(=O)Cn2cnnc2C#N)cc1. The van der Waals surface area contributed by atoms with Crippen LogP contribution in [0.15, 0.2) is 65.8 Å². The second kappa shape index (κ2) is 8.64. The van der Waals surface area contributed by atoms with Gasteiger partial charge in [0.1, 0.15) is 18.9 Å². The van der Waals surface area contributed by atoms with Gasteiger partial charge in [-0.3, -0.25) is 9.36 Å². The standard InChI is InChI=1S/C19H18N6O3S/c1-24(12-15-5-3-2-4-6-15)29(27,28)17-9-7-16(8-10-17)22-19(26)13-25-14-21-23-18(25)11-20/h2-10,14H,12-13H2,1H3,(H,22,26). The van der Waals surface area contributed by atoms with Gasteiger partial charge in [-0.05, 0) is 29.8 Å². The molecule has 0 spiro atoms. The van der Waals surface area contributed by atoms with Gasteiger partial charge in [0, 0.05) is 19.3 Å². The number of sulfonamides is 1. The highest BCUT2D eigenvalue weighted by atomic mass is 32.2. The van der Waals surface area contributed by atoms with Crippen LogP contribution < -0.4 is 5.32 Å². The van der Waals surface area contributed by atoms with Crippen LogP contribution in [-0.4, -0.2) is 40.4 Å². The Morgan fingerprint density at radius 3 is 2.52 bits per heavy atom. The van der Waals surface area contributed by atoms with E-state index in [9.17, 15) is 13.2 Å². The molecule has 0 fully saturated rings. The van der Waals surface area contributed by atoms with Crippen LogP contribution in [0.4, 0.5) is 5.69 Å². The predicted molar refractivity (Wildman–Crippen MR) is 105 cm³/mol. The van der Waals surface area contributed by atoms with Crippen LogP contribution in [0.1, 0.15) is 11.4 Å². The summed E-state index contributed by atoms with van der Waals surface area (Å²) in [5, 5.41) is 18.7. The van der Waals surface area contributed by atoms with Gasteiger partial charge >= 0.3 is 0 Å². The molecule has 0 unspecified atom stereocenters. The van der Waals surface area contributed by atoms with Crippen molar-refractivity contribution in [2.75, 3.05) is 12.4 Å². The number of carbonyl (C=O) groups is 1. The smallest absolute Gasteiger partial charge is 0.244 e. The minimum Gasteiger partial charge on any atom is -0.325 e. The molecule has 0 saturated heterocycles. The van der Waals surface area contributed by atoms with Crippen LogP contribution in [0.5, 0.6) is 0 Å². The van der Waals surface area contributed by atoms with E-state index in [1.54, 1.807) is 0 Å². The lowest BCUT2D eigenvalue weighted by Crippen LogP contribution is -2.26. The lowest BCUT2D eigenvalue weighted by Gasteiger charge is -2.17. The number of carbonyl (C=O) groups excluding carboxylic acids is 1. The molecule has 0 saturated carbocycles. The van der Waals surface area contributed by atoms with E-state index < -0.39 is 15.9 Å². The topological polar surface area (TPSA) is 121 Å². The first-order chi connectivity index (χ1) is 13.9. The molecule has 9 nitrogen and oxygen atoms in total. The second-order valence-electron chi connectivity index (χ2n) is 6.21. The summed E-state index contributed by atoms with van der Waals surface area (Å²) in [5.41, 5.74) is 1.32. The minimum absolute atomic E-state index is 0.0306. The summed E-state index contributed by atoms with van der Waals surface area (Å²) < 4.78 is 28.1. The molecule has 2 aromatic carbocycles. The Kier molecular flexibility index (Phi) is 6.01. The number of rotatable bonds is 7. The molecule has 10 heteroatoms. The molecule has 3 aromatic rings. The molecule has 0 aliphatic carbocycles. The van der Waals surface area contributed by atoms with Gasteiger partial charge in [0.05, 0.1) is 4.90 Å². The van der Waals surface area contributed by atoms with Crippen LogP contribution in [0.25, 0.3) is 0 Å². The average Bonchev–Trinajstić information content (AvgIpc) is 3.16. The van der Waals surface area contributed by atoms with Crippen LogP contribution in [0.3, 0.4) is 0 Å². The zero-order chi connectivity index (χ0) is 20.9. The van der Waals surface area contributed by atoms with E-state index in [2.05, 4.69) is 15.5 Å². The molecule has 29 heavy (non-hydrogen) atoms. The molecule has 1 heterocycles. The maximum Gasteiger partial charge on any atom is 0.244 e. The quantitative estimate of drug-likeness (QED) is 0.632. The largest absolute Gasteiger partial charge is 0.325 e. The highest BCUT2D eigenvalue weighted by Gasteiger charge is 2.21. The van der Waals surface area contributed by atoms with Crippen molar-refractivity contribution in [3.63, 3.8) is 0 Å². The molecule has 0 aliphatic heterocycles. The van der Waals surface area contributed by atoms with Crippen molar-refractivity contribution in [1.29, 1.82) is 5.26 Å². The molecule has 1 N–H and O–H groups in total. The van der Waals surface area contributed by atoms with Crippen LogP contribution in [-0.2, 0) is 27.9 Å². The van der Waals surface area contributed by atoms with Crippen molar-refractivity contribution in [2.24, 2.45) is 0 Å². The zero-order valence-electron chi connectivity index (χ0n) is 15.6. The predicted octanol–water partition coefficient (Wildman–Crippen LogP) is 1.61. The number of amides is 1. The monoisotopic (exact) mass is 410 g/mol. The van der Waals surface area contributed by atoms with Gasteiger partial charge in [0.15, 0.2) is 0 Å². The Hall–Kier alpha value is -3.55. The number of benzene rings is 2. The number of hydrogen-bond donors (Lipinski definition) is 1. The minimum atomic E-state index is -3.67. The number of aromatic nitrogens is 3. The first kappa shape index (κ1) is 20.2. The van der Waals surface area contributed by atoms with Crippen molar-refractivity contribution >= 4 is 21.6 Å². The molecule has 1 aromatic heterocycles. The Morgan fingerprint density at radius 2 is 1.86 bits per heavy atom. The molecule has 148 valence electrons. The summed E-state index contributed by atoms with van der Waals surface area (Å²) in [6, 6.07) is 17.0. The third-order valence-corrected chi connectivity index (χ3v) is 5.94. The van der Waals surface area contributed by atoms with Gasteiger partial charge in [-0.1, -0.05) is 30.3 Å². The number of hydrogen-bond acceptors (Lipinski definition) is 6. The van der Waals surface area contributed by atoms with Crippen molar-refractivity contribution in [2.45, 2.75) is 18.0 Å². The maximum absolute atomic E-state index is 12.7. The highest BCUT2D eigenvalue weighted by Crippen LogP contribution is 2.19. The fourth-order valence-electron chi connectivity index (χ4n) is 2.63. The van der Waals surface area contributed by atoms with E-state index in [0.717, 1.165) is 5.56 Å². The fourth-order valence-corrected chi connectivity index (χ4v) is 3.79. The average molecular weight is 410 g/mol. The Morgan fingerprint density at radius 1 is 1.17 bits per heavy atom. The third kappa shape index (κ3) is 4.84. The number of nitrogens with zero attached hydrogens (tertiary/aromatic N) is 5. The first-order valence-electron chi connectivity index (χ1n) is 8.58. The van der Waals surface area contributed by atoms with E-state index in [1.165, 1.54) is 46.5 Å².